The topological polar surface area (TPSA) is 34.3 Å². The predicted octanol–water partition coefficient (Wildman–Crippen LogP) is 1.77. The van der Waals surface area contributed by atoms with Crippen molar-refractivity contribution in [2.75, 3.05) is 0 Å². The summed E-state index contributed by atoms with van der Waals surface area (Å²) in [6.45, 7) is 3.42. The first-order valence-corrected chi connectivity index (χ1v) is 2.94. The highest BCUT2D eigenvalue weighted by molar-refractivity contribution is 5.49. The van der Waals surface area contributed by atoms with Crippen molar-refractivity contribution < 1.29 is 5.11 Å². The zero-order valence-electron chi connectivity index (χ0n) is 5.49. The van der Waals surface area contributed by atoms with Crippen LogP contribution in [0.3, 0.4) is 0 Å². The number of hydrogen-bond donors (Lipinski definition) is 1. The lowest BCUT2D eigenvalue weighted by Crippen LogP contribution is -1.83. The molecule has 1 N–H and O–H groups in total. The summed E-state index contributed by atoms with van der Waals surface area (Å²) in [5.74, 6) is 0.183. The van der Waals surface area contributed by atoms with E-state index in [9.17, 15) is 0 Å². The lowest BCUT2D eigenvalue weighted by Gasteiger charge is -1.97. The fraction of sp³-hybridized carbons (Fsp3) is 0. The van der Waals surface area contributed by atoms with Gasteiger partial charge in [-0.3, -0.25) is 5.32 Å². The second-order valence-electron chi connectivity index (χ2n) is 1.80. The van der Waals surface area contributed by atoms with Crippen molar-refractivity contribution in [2.24, 2.45) is 0 Å². The van der Waals surface area contributed by atoms with E-state index in [2.05, 4.69) is 11.9 Å². The largest absolute Gasteiger partial charge is 0.506 e. The SMILES string of the molecule is C=C[N]c1ccccc1O. The van der Waals surface area contributed by atoms with Crippen LogP contribution in [0.2, 0.25) is 0 Å². The molecule has 2 nitrogen and oxygen atoms in total. The van der Waals surface area contributed by atoms with E-state index in [1.165, 1.54) is 6.20 Å². The molecule has 0 fully saturated rings. The van der Waals surface area contributed by atoms with Crippen LogP contribution < -0.4 is 5.32 Å². The van der Waals surface area contributed by atoms with Gasteiger partial charge in [-0.15, -0.1) is 0 Å². The molecule has 0 atom stereocenters. The van der Waals surface area contributed by atoms with Crippen LogP contribution in [0.15, 0.2) is 37.0 Å². The van der Waals surface area contributed by atoms with Crippen molar-refractivity contribution in [3.8, 4) is 5.75 Å². The van der Waals surface area contributed by atoms with E-state index in [-0.39, 0.29) is 5.75 Å². The van der Waals surface area contributed by atoms with Gasteiger partial charge in [0.05, 0.1) is 0 Å². The summed E-state index contributed by atoms with van der Waals surface area (Å²) in [6, 6.07) is 6.86. The minimum atomic E-state index is 0.183. The van der Waals surface area contributed by atoms with Crippen molar-refractivity contribution in [1.82, 2.24) is 5.32 Å². The summed E-state index contributed by atoms with van der Waals surface area (Å²) >= 11 is 0. The molecule has 1 aromatic rings. The molecular weight excluding hydrogens is 126 g/mol. The van der Waals surface area contributed by atoms with Crippen LogP contribution in [-0.2, 0) is 0 Å². The molecule has 1 rings (SSSR count). The maximum atomic E-state index is 9.10. The lowest BCUT2D eigenvalue weighted by atomic mass is 10.3. The first-order valence-electron chi connectivity index (χ1n) is 2.94. The van der Waals surface area contributed by atoms with Crippen molar-refractivity contribution in [2.45, 2.75) is 0 Å². The van der Waals surface area contributed by atoms with Gasteiger partial charge in [-0.05, 0) is 12.1 Å². The molecule has 51 valence electrons. The van der Waals surface area contributed by atoms with Crippen molar-refractivity contribution in [1.29, 1.82) is 0 Å². The van der Waals surface area contributed by atoms with Crippen LogP contribution in [0.5, 0.6) is 5.75 Å². The first-order chi connectivity index (χ1) is 4.84. The van der Waals surface area contributed by atoms with Crippen LogP contribution >= 0.6 is 0 Å². The van der Waals surface area contributed by atoms with Gasteiger partial charge in [0, 0.05) is 6.20 Å². The first kappa shape index (κ1) is 6.68. The second-order valence-corrected chi connectivity index (χ2v) is 1.80. The number of benzene rings is 1. The van der Waals surface area contributed by atoms with Crippen LogP contribution in [0.4, 0.5) is 5.69 Å². The Labute approximate surface area is 59.8 Å². The highest BCUT2D eigenvalue weighted by Gasteiger charge is 1.94. The van der Waals surface area contributed by atoms with E-state index in [0.29, 0.717) is 5.69 Å². The van der Waals surface area contributed by atoms with Gasteiger partial charge < -0.3 is 5.11 Å². The molecule has 2 heteroatoms. The molecule has 0 amide bonds. The van der Waals surface area contributed by atoms with Crippen LogP contribution in [0.25, 0.3) is 0 Å². The molecule has 0 saturated carbocycles. The summed E-state index contributed by atoms with van der Waals surface area (Å²) in [7, 11) is 0. The Morgan fingerprint density at radius 3 is 2.70 bits per heavy atom. The smallest absolute Gasteiger partial charge is 0.141 e. The van der Waals surface area contributed by atoms with Crippen molar-refractivity contribution in [3.63, 3.8) is 0 Å². The summed E-state index contributed by atoms with van der Waals surface area (Å²) in [5.41, 5.74) is 0.553. The second kappa shape index (κ2) is 2.92. The highest BCUT2D eigenvalue weighted by atomic mass is 16.3. The Kier molecular flexibility index (Phi) is 1.95. The molecule has 0 aliphatic heterocycles. The monoisotopic (exact) mass is 134 g/mol. The standard InChI is InChI=1S/C8H8NO/c1-2-9-7-5-3-4-6-8(7)10/h2-6,10H,1H2. The van der Waals surface area contributed by atoms with Crippen LogP contribution in [0.1, 0.15) is 0 Å². The summed E-state index contributed by atoms with van der Waals surface area (Å²) in [6.07, 6.45) is 1.40. The normalized spacial score (nSPS) is 8.80. The van der Waals surface area contributed by atoms with Gasteiger partial charge in [0.1, 0.15) is 11.4 Å². The van der Waals surface area contributed by atoms with Gasteiger partial charge in [-0.25, -0.2) is 0 Å². The fourth-order valence-corrected chi connectivity index (χ4v) is 0.672. The third kappa shape index (κ3) is 1.29. The lowest BCUT2D eigenvalue weighted by molar-refractivity contribution is 0.475. The zero-order valence-corrected chi connectivity index (χ0v) is 5.49. The Morgan fingerprint density at radius 1 is 1.40 bits per heavy atom. The van der Waals surface area contributed by atoms with Crippen LogP contribution in [0, 0.1) is 0 Å². The number of phenolic OH excluding ortho intramolecular Hbond substituents is 1. The van der Waals surface area contributed by atoms with Crippen LogP contribution in [-0.4, -0.2) is 5.11 Å². The number of nitrogens with zero attached hydrogens (tertiary/aromatic N) is 1. The Balaban J connectivity index is 2.91. The van der Waals surface area contributed by atoms with Crippen molar-refractivity contribution in [3.05, 3.63) is 37.0 Å². The van der Waals surface area contributed by atoms with Gasteiger partial charge >= 0.3 is 0 Å². The summed E-state index contributed by atoms with van der Waals surface area (Å²) < 4.78 is 0. The minimum Gasteiger partial charge on any atom is -0.506 e. The molecule has 0 aromatic heterocycles. The van der Waals surface area contributed by atoms with E-state index >= 15 is 0 Å². The highest BCUT2D eigenvalue weighted by Crippen LogP contribution is 2.20. The van der Waals surface area contributed by atoms with Gasteiger partial charge in [0.15, 0.2) is 0 Å². The molecule has 0 aliphatic rings. The van der Waals surface area contributed by atoms with Gasteiger partial charge in [0.25, 0.3) is 0 Å². The Morgan fingerprint density at radius 2 is 2.10 bits per heavy atom. The van der Waals surface area contributed by atoms with Gasteiger partial charge in [0.2, 0.25) is 0 Å². The zero-order chi connectivity index (χ0) is 7.40. The Bertz CT molecular complexity index is 232. The number of phenols is 1. The molecular formula is C8H8NO. The average molecular weight is 134 g/mol. The number of hydrogen-bond acceptors (Lipinski definition) is 1. The molecule has 0 aliphatic carbocycles. The summed E-state index contributed by atoms with van der Waals surface area (Å²) in [5, 5.41) is 12.9. The van der Waals surface area contributed by atoms with Gasteiger partial charge in [-0.2, -0.15) is 0 Å². The maximum Gasteiger partial charge on any atom is 0.141 e. The molecule has 0 unspecified atom stereocenters. The van der Waals surface area contributed by atoms with E-state index in [4.69, 9.17) is 5.11 Å². The van der Waals surface area contributed by atoms with E-state index in [1.807, 2.05) is 6.07 Å². The molecule has 1 aromatic carbocycles. The number of para-hydroxylation sites is 2. The maximum absolute atomic E-state index is 9.10. The average Bonchev–Trinajstić information content (AvgIpc) is 1.94. The minimum absolute atomic E-state index is 0.183. The molecule has 0 bridgehead atoms. The fourth-order valence-electron chi connectivity index (χ4n) is 0.672. The molecule has 0 spiro atoms. The van der Waals surface area contributed by atoms with E-state index < -0.39 is 0 Å². The van der Waals surface area contributed by atoms with E-state index in [0.717, 1.165) is 0 Å². The molecule has 1 radical (unpaired) electrons. The quantitative estimate of drug-likeness (QED) is 0.657. The molecule has 0 saturated heterocycles. The van der Waals surface area contributed by atoms with E-state index in [1.54, 1.807) is 18.2 Å². The Hall–Kier alpha value is -1.44. The van der Waals surface area contributed by atoms with Crippen molar-refractivity contribution >= 4 is 5.69 Å². The number of rotatable bonds is 2. The third-order valence-electron chi connectivity index (χ3n) is 1.11. The third-order valence-corrected chi connectivity index (χ3v) is 1.11. The predicted molar refractivity (Wildman–Crippen MR) is 40.1 cm³/mol. The summed E-state index contributed by atoms with van der Waals surface area (Å²) in [4.78, 5) is 0. The molecule has 10 heavy (non-hydrogen) atoms. The number of aromatic hydroxyl groups is 1. The van der Waals surface area contributed by atoms with Gasteiger partial charge in [-0.1, -0.05) is 18.7 Å². The molecule has 0 heterocycles.